The molecule has 0 bridgehead atoms. The van der Waals surface area contributed by atoms with Gasteiger partial charge in [-0.1, -0.05) is 5.16 Å². The summed E-state index contributed by atoms with van der Waals surface area (Å²) < 4.78 is 7.63. The molecule has 4 rings (SSSR count). The Morgan fingerprint density at radius 2 is 2.29 bits per heavy atom. The second-order valence-corrected chi connectivity index (χ2v) is 6.42. The molecule has 21 heavy (non-hydrogen) atoms. The molecule has 1 saturated carbocycles. The van der Waals surface area contributed by atoms with Gasteiger partial charge in [0.25, 0.3) is 0 Å². The molecule has 0 aromatic carbocycles. The summed E-state index contributed by atoms with van der Waals surface area (Å²) in [4.78, 5) is 11.2. The third-order valence-electron chi connectivity index (χ3n) is 4.43. The van der Waals surface area contributed by atoms with E-state index in [0.717, 1.165) is 37.8 Å². The van der Waals surface area contributed by atoms with E-state index in [1.165, 1.54) is 25.1 Å². The zero-order chi connectivity index (χ0) is 14.2. The Kier molecular flexibility index (Phi) is 3.25. The number of rotatable bonds is 5. The van der Waals surface area contributed by atoms with Gasteiger partial charge in [0, 0.05) is 37.8 Å². The van der Waals surface area contributed by atoms with Crippen LogP contribution in [-0.4, -0.2) is 38.2 Å². The van der Waals surface area contributed by atoms with Crippen LogP contribution in [0.25, 0.3) is 0 Å². The van der Waals surface area contributed by atoms with E-state index in [1.54, 1.807) is 0 Å². The first-order valence-corrected chi connectivity index (χ1v) is 7.79. The predicted octanol–water partition coefficient (Wildman–Crippen LogP) is 1.84. The molecule has 2 aromatic heterocycles. The van der Waals surface area contributed by atoms with Gasteiger partial charge in [-0.2, -0.15) is 4.98 Å². The Morgan fingerprint density at radius 1 is 1.38 bits per heavy atom. The highest BCUT2D eigenvalue weighted by Gasteiger charge is 2.29. The van der Waals surface area contributed by atoms with Crippen molar-refractivity contribution in [2.75, 3.05) is 13.6 Å². The van der Waals surface area contributed by atoms with E-state index >= 15 is 0 Å². The summed E-state index contributed by atoms with van der Waals surface area (Å²) in [7, 11) is 2.13. The van der Waals surface area contributed by atoms with Crippen LogP contribution in [0.4, 0.5) is 0 Å². The fourth-order valence-corrected chi connectivity index (χ4v) is 3.16. The van der Waals surface area contributed by atoms with Gasteiger partial charge in [-0.3, -0.25) is 4.90 Å². The van der Waals surface area contributed by atoms with Crippen molar-refractivity contribution < 1.29 is 4.52 Å². The number of aromatic nitrogens is 4. The summed E-state index contributed by atoms with van der Waals surface area (Å²) >= 11 is 0. The van der Waals surface area contributed by atoms with Crippen LogP contribution in [-0.2, 0) is 19.5 Å². The zero-order valence-corrected chi connectivity index (χ0v) is 12.4. The second kappa shape index (κ2) is 5.26. The van der Waals surface area contributed by atoms with Crippen LogP contribution in [0.1, 0.15) is 42.7 Å². The first-order chi connectivity index (χ1) is 10.3. The third-order valence-corrected chi connectivity index (χ3v) is 4.43. The number of nitrogens with zero attached hydrogens (tertiary/aromatic N) is 5. The molecule has 1 fully saturated rings. The summed E-state index contributed by atoms with van der Waals surface area (Å²) in [6.45, 7) is 2.86. The molecule has 6 heteroatoms. The van der Waals surface area contributed by atoms with Crippen LogP contribution in [0.2, 0.25) is 0 Å². The maximum atomic E-state index is 5.35. The first kappa shape index (κ1) is 13.0. The molecular formula is C15H21N5O. The van der Waals surface area contributed by atoms with Gasteiger partial charge in [-0.05, 0) is 32.2 Å². The van der Waals surface area contributed by atoms with Crippen molar-refractivity contribution in [2.45, 2.75) is 44.7 Å². The largest absolute Gasteiger partial charge is 0.338 e. The number of hydrogen-bond donors (Lipinski definition) is 0. The lowest BCUT2D eigenvalue weighted by atomic mass is 9.99. The van der Waals surface area contributed by atoms with Crippen LogP contribution in [0.3, 0.4) is 0 Å². The molecule has 0 amide bonds. The molecule has 0 saturated heterocycles. The Bertz CT molecular complexity index is 615. The van der Waals surface area contributed by atoms with Crippen LogP contribution in [0.5, 0.6) is 0 Å². The van der Waals surface area contributed by atoms with Gasteiger partial charge in [0.2, 0.25) is 5.89 Å². The number of aryl methyl sites for hydroxylation is 1. The molecule has 3 heterocycles. The Balaban J connectivity index is 1.32. The molecule has 6 nitrogen and oxygen atoms in total. The molecule has 0 unspecified atom stereocenters. The van der Waals surface area contributed by atoms with Crippen LogP contribution >= 0.6 is 0 Å². The van der Waals surface area contributed by atoms with Crippen LogP contribution in [0.15, 0.2) is 16.9 Å². The molecule has 112 valence electrons. The summed E-state index contributed by atoms with van der Waals surface area (Å²) in [6.07, 6.45) is 8.70. The van der Waals surface area contributed by atoms with Gasteiger partial charge < -0.3 is 9.09 Å². The molecule has 0 N–H and O–H groups in total. The van der Waals surface area contributed by atoms with Gasteiger partial charge in [0.1, 0.15) is 5.82 Å². The molecule has 2 aromatic rings. The summed E-state index contributed by atoms with van der Waals surface area (Å²) in [5.74, 6) is 4.10. The van der Waals surface area contributed by atoms with Crippen molar-refractivity contribution in [3.8, 4) is 0 Å². The topological polar surface area (TPSA) is 60.0 Å². The van der Waals surface area contributed by atoms with Gasteiger partial charge in [-0.15, -0.1) is 0 Å². The van der Waals surface area contributed by atoms with E-state index < -0.39 is 0 Å². The van der Waals surface area contributed by atoms with Crippen molar-refractivity contribution >= 4 is 0 Å². The molecule has 2 aliphatic rings. The van der Waals surface area contributed by atoms with E-state index in [2.05, 4.69) is 37.8 Å². The molecule has 1 atom stereocenters. The monoisotopic (exact) mass is 287 g/mol. The van der Waals surface area contributed by atoms with Gasteiger partial charge in [-0.25, -0.2) is 4.98 Å². The van der Waals surface area contributed by atoms with Crippen molar-refractivity contribution in [3.05, 3.63) is 29.9 Å². The minimum atomic E-state index is 0.561. The lowest BCUT2D eigenvalue weighted by molar-refractivity contribution is 0.206. The second-order valence-electron chi connectivity index (χ2n) is 6.42. The lowest BCUT2D eigenvalue weighted by Gasteiger charge is -2.27. The average Bonchev–Trinajstić information content (AvgIpc) is 3.04. The fourth-order valence-electron chi connectivity index (χ4n) is 3.16. The van der Waals surface area contributed by atoms with E-state index in [0.29, 0.717) is 11.8 Å². The van der Waals surface area contributed by atoms with Crippen molar-refractivity contribution in [1.82, 2.24) is 24.6 Å². The first-order valence-electron chi connectivity index (χ1n) is 7.79. The van der Waals surface area contributed by atoms with E-state index in [9.17, 15) is 0 Å². The minimum Gasteiger partial charge on any atom is -0.338 e. The number of imidazole rings is 1. The third kappa shape index (κ3) is 2.85. The highest BCUT2D eigenvalue weighted by molar-refractivity contribution is 5.03. The summed E-state index contributed by atoms with van der Waals surface area (Å²) in [6, 6.07) is 0. The molecule has 1 aliphatic carbocycles. The number of hydrogen-bond acceptors (Lipinski definition) is 5. The number of fused-ring (bicyclic) bond motifs is 1. The van der Waals surface area contributed by atoms with Crippen molar-refractivity contribution in [3.63, 3.8) is 0 Å². The van der Waals surface area contributed by atoms with Gasteiger partial charge in [0.15, 0.2) is 5.82 Å². The van der Waals surface area contributed by atoms with Crippen LogP contribution < -0.4 is 0 Å². The van der Waals surface area contributed by atoms with E-state index in [-0.39, 0.29) is 0 Å². The average molecular weight is 287 g/mol. The Morgan fingerprint density at radius 3 is 3.14 bits per heavy atom. The molecule has 1 aliphatic heterocycles. The normalized spacial score (nSPS) is 21.7. The van der Waals surface area contributed by atoms with Crippen molar-refractivity contribution in [1.29, 1.82) is 0 Å². The van der Waals surface area contributed by atoms with Gasteiger partial charge >= 0.3 is 0 Å². The summed E-state index contributed by atoms with van der Waals surface area (Å²) in [5.41, 5.74) is 0. The molecule has 0 radical (unpaired) electrons. The maximum absolute atomic E-state index is 5.35. The highest BCUT2D eigenvalue weighted by atomic mass is 16.5. The van der Waals surface area contributed by atoms with Crippen LogP contribution in [0, 0.1) is 5.92 Å². The van der Waals surface area contributed by atoms with Crippen molar-refractivity contribution in [2.24, 2.45) is 5.92 Å². The maximum Gasteiger partial charge on any atom is 0.240 e. The molecule has 0 spiro atoms. The molecular weight excluding hydrogens is 266 g/mol. The van der Waals surface area contributed by atoms with Gasteiger partial charge in [0.05, 0.1) is 6.54 Å². The Labute approximate surface area is 124 Å². The SMILES string of the molecule is CN(Cc1nc(C2CC2)no1)C[C@H]1CCc2nccn2C1. The predicted molar refractivity (Wildman–Crippen MR) is 76.6 cm³/mol. The Hall–Kier alpha value is -1.69. The van der Waals surface area contributed by atoms with E-state index in [4.69, 9.17) is 4.52 Å². The highest BCUT2D eigenvalue weighted by Crippen LogP contribution is 2.38. The standard InChI is InChI=1S/C15H21N5O/c1-19(10-14-17-15(18-21-14)12-3-4-12)8-11-2-5-13-16-6-7-20(13)9-11/h6-7,11-12H,2-5,8-10H2,1H3/t11-/m1/s1. The fraction of sp³-hybridized carbons (Fsp3) is 0.667. The lowest BCUT2D eigenvalue weighted by Crippen LogP contribution is -2.31. The minimum absolute atomic E-state index is 0.561. The smallest absolute Gasteiger partial charge is 0.240 e. The van der Waals surface area contributed by atoms with E-state index in [1.807, 2.05) is 6.20 Å². The summed E-state index contributed by atoms with van der Waals surface area (Å²) in [5, 5.41) is 4.08. The zero-order valence-electron chi connectivity index (χ0n) is 12.4. The quantitative estimate of drug-likeness (QED) is 0.839.